The van der Waals surface area contributed by atoms with Gasteiger partial charge in [-0.3, -0.25) is 0 Å². The number of nitrogens with zero attached hydrogens (tertiary/aromatic N) is 2. The Balaban J connectivity index is 2.21. The normalized spacial score (nSPS) is 20.3. The van der Waals surface area contributed by atoms with Gasteiger partial charge in [-0.25, -0.2) is 9.78 Å². The average molecular weight is 306 g/mol. The molecule has 110 valence electrons. The second-order valence-corrected chi connectivity index (χ2v) is 5.48. The third-order valence-electron chi connectivity index (χ3n) is 3.92. The van der Waals surface area contributed by atoms with Gasteiger partial charge in [0.1, 0.15) is 0 Å². The van der Waals surface area contributed by atoms with Crippen LogP contribution in [0.5, 0.6) is 0 Å². The van der Waals surface area contributed by atoms with Gasteiger partial charge < -0.3 is 15.0 Å². The molecule has 0 bridgehead atoms. The molecule has 0 fully saturated rings. The molecule has 2 aromatic rings. The fraction of sp³-hybridized carbons (Fsp3) is 0.333. The highest BCUT2D eigenvalue weighted by Gasteiger charge is 2.49. The van der Waals surface area contributed by atoms with Crippen molar-refractivity contribution in [3.05, 3.63) is 47.0 Å². The molecule has 0 amide bonds. The van der Waals surface area contributed by atoms with Crippen molar-refractivity contribution in [1.29, 1.82) is 0 Å². The van der Waals surface area contributed by atoms with Gasteiger partial charge in [-0.2, -0.15) is 0 Å². The van der Waals surface area contributed by atoms with Gasteiger partial charge in [0.25, 0.3) is 0 Å². The third-order valence-corrected chi connectivity index (χ3v) is 4.23. The molecule has 1 aliphatic heterocycles. The first kappa shape index (κ1) is 13.9. The Kier molecular flexibility index (Phi) is 3.37. The van der Waals surface area contributed by atoms with Gasteiger partial charge in [0, 0.05) is 28.2 Å². The first-order valence-corrected chi connectivity index (χ1v) is 7.22. The molecule has 1 unspecified atom stereocenters. The van der Waals surface area contributed by atoms with Crippen LogP contribution in [0.1, 0.15) is 24.6 Å². The van der Waals surface area contributed by atoms with E-state index in [0.717, 1.165) is 12.1 Å². The number of carbonyl (C=O) groups is 1. The Morgan fingerprint density at radius 3 is 3.10 bits per heavy atom. The lowest BCUT2D eigenvalue weighted by molar-refractivity contribution is -0.151. The maximum absolute atomic E-state index is 12.7. The molecule has 2 heterocycles. The third kappa shape index (κ3) is 2.00. The molecule has 0 aliphatic carbocycles. The van der Waals surface area contributed by atoms with Crippen molar-refractivity contribution in [1.82, 2.24) is 9.55 Å². The summed E-state index contributed by atoms with van der Waals surface area (Å²) in [6.45, 7) is 2.11. The average Bonchev–Trinajstić information content (AvgIpc) is 3.02. The molecule has 6 heteroatoms. The van der Waals surface area contributed by atoms with E-state index in [1.54, 1.807) is 37.6 Å². The van der Waals surface area contributed by atoms with Crippen LogP contribution in [0.4, 0.5) is 5.69 Å². The number of benzene rings is 1. The fourth-order valence-corrected chi connectivity index (χ4v) is 3.32. The number of aryl methyl sites for hydroxylation is 1. The number of nitrogen functional groups attached to an aromatic ring is 1. The number of ether oxygens (including phenoxy) is 1. The van der Waals surface area contributed by atoms with Crippen LogP contribution in [0.25, 0.3) is 0 Å². The lowest BCUT2D eigenvalue weighted by Crippen LogP contribution is -2.42. The van der Waals surface area contributed by atoms with Crippen molar-refractivity contribution in [2.24, 2.45) is 0 Å². The Labute approximate surface area is 127 Å². The van der Waals surface area contributed by atoms with Crippen LogP contribution in [0, 0.1) is 0 Å². The van der Waals surface area contributed by atoms with Crippen LogP contribution in [-0.4, -0.2) is 22.1 Å². The first-order valence-electron chi connectivity index (χ1n) is 6.84. The summed E-state index contributed by atoms with van der Waals surface area (Å²) in [5.74, 6) is -0.312. The van der Waals surface area contributed by atoms with Crippen LogP contribution in [0.15, 0.2) is 30.7 Å². The molecular weight excluding hydrogens is 290 g/mol. The lowest BCUT2D eigenvalue weighted by atomic mass is 9.87. The van der Waals surface area contributed by atoms with Crippen LogP contribution in [0.3, 0.4) is 0 Å². The minimum atomic E-state index is -0.952. The molecular formula is C15H16ClN3O2. The first-order chi connectivity index (χ1) is 10.1. The number of esters is 1. The van der Waals surface area contributed by atoms with Crippen molar-refractivity contribution >= 4 is 23.3 Å². The Morgan fingerprint density at radius 1 is 1.57 bits per heavy atom. The van der Waals surface area contributed by atoms with E-state index in [1.807, 2.05) is 4.57 Å². The lowest BCUT2D eigenvalue weighted by Gasteiger charge is -2.30. The van der Waals surface area contributed by atoms with E-state index >= 15 is 0 Å². The fourth-order valence-electron chi connectivity index (χ4n) is 2.97. The molecule has 0 saturated carbocycles. The van der Waals surface area contributed by atoms with E-state index in [9.17, 15) is 4.79 Å². The number of hydrogen-bond donors (Lipinski definition) is 1. The van der Waals surface area contributed by atoms with Crippen molar-refractivity contribution < 1.29 is 9.53 Å². The number of carbonyl (C=O) groups excluding carboxylic acids is 1. The van der Waals surface area contributed by atoms with E-state index in [-0.39, 0.29) is 5.97 Å². The van der Waals surface area contributed by atoms with Crippen LogP contribution in [-0.2, 0) is 21.5 Å². The number of fused-ring (bicyclic) bond motifs is 1. The topological polar surface area (TPSA) is 70.1 Å². The molecule has 1 aliphatic rings. The molecule has 1 aromatic carbocycles. The van der Waals surface area contributed by atoms with Gasteiger partial charge in [0.15, 0.2) is 5.54 Å². The van der Waals surface area contributed by atoms with Crippen molar-refractivity contribution in [3.63, 3.8) is 0 Å². The summed E-state index contributed by atoms with van der Waals surface area (Å²) in [7, 11) is 0. The second-order valence-electron chi connectivity index (χ2n) is 5.08. The smallest absolute Gasteiger partial charge is 0.337 e. The van der Waals surface area contributed by atoms with Gasteiger partial charge >= 0.3 is 5.97 Å². The second kappa shape index (κ2) is 5.07. The van der Waals surface area contributed by atoms with Crippen molar-refractivity contribution in [3.8, 4) is 0 Å². The Bertz CT molecular complexity index is 698. The number of hydrogen-bond acceptors (Lipinski definition) is 4. The zero-order valence-corrected chi connectivity index (χ0v) is 12.4. The highest BCUT2D eigenvalue weighted by Crippen LogP contribution is 2.42. The number of imidazole rings is 1. The van der Waals surface area contributed by atoms with Crippen LogP contribution < -0.4 is 5.73 Å². The van der Waals surface area contributed by atoms with E-state index in [1.165, 1.54) is 0 Å². The van der Waals surface area contributed by atoms with Crippen LogP contribution in [0.2, 0.25) is 5.02 Å². The highest BCUT2D eigenvalue weighted by molar-refractivity contribution is 6.32. The van der Waals surface area contributed by atoms with Gasteiger partial charge in [0.05, 0.1) is 12.9 Å². The van der Waals surface area contributed by atoms with E-state index in [0.29, 0.717) is 29.3 Å². The molecule has 21 heavy (non-hydrogen) atoms. The number of nitrogens with two attached hydrogens (primary N) is 1. The molecule has 0 spiro atoms. The largest absolute Gasteiger partial charge is 0.464 e. The molecule has 5 nitrogen and oxygen atoms in total. The van der Waals surface area contributed by atoms with Crippen molar-refractivity contribution in [2.75, 3.05) is 12.3 Å². The minimum absolute atomic E-state index is 0.312. The minimum Gasteiger partial charge on any atom is -0.464 e. The molecule has 0 radical (unpaired) electrons. The standard InChI is InChI=1S/C15H16ClN3O2/c1-2-21-14(20)15(6-5-11-8-18-9-19(11)15)12-4-3-10(17)7-13(12)16/h3-4,7-9H,2,5-6,17H2,1H3. The van der Waals surface area contributed by atoms with Gasteiger partial charge in [-0.15, -0.1) is 0 Å². The van der Waals surface area contributed by atoms with Gasteiger partial charge in [-0.1, -0.05) is 17.7 Å². The van der Waals surface area contributed by atoms with Crippen molar-refractivity contribution in [2.45, 2.75) is 25.3 Å². The molecule has 3 rings (SSSR count). The van der Waals surface area contributed by atoms with Gasteiger partial charge in [0.2, 0.25) is 0 Å². The summed E-state index contributed by atoms with van der Waals surface area (Å²) >= 11 is 6.36. The summed E-state index contributed by atoms with van der Waals surface area (Å²) in [5.41, 5.74) is 7.07. The monoisotopic (exact) mass is 305 g/mol. The summed E-state index contributed by atoms with van der Waals surface area (Å²) in [5, 5.41) is 0.463. The summed E-state index contributed by atoms with van der Waals surface area (Å²) in [6.07, 6.45) is 4.78. The molecule has 0 saturated heterocycles. The SMILES string of the molecule is CCOC(=O)C1(c2ccc(N)cc2Cl)CCc2cncn21. The molecule has 1 atom stereocenters. The Morgan fingerprint density at radius 2 is 2.38 bits per heavy atom. The van der Waals surface area contributed by atoms with Gasteiger partial charge in [-0.05, 0) is 31.9 Å². The van der Waals surface area contributed by atoms with E-state index < -0.39 is 5.54 Å². The molecule has 1 aromatic heterocycles. The van der Waals surface area contributed by atoms with E-state index in [2.05, 4.69) is 4.98 Å². The summed E-state index contributed by atoms with van der Waals surface area (Å²) in [6, 6.07) is 5.20. The Hall–Kier alpha value is -2.01. The number of rotatable bonds is 3. The summed E-state index contributed by atoms with van der Waals surface area (Å²) < 4.78 is 7.18. The quantitative estimate of drug-likeness (QED) is 0.698. The van der Waals surface area contributed by atoms with E-state index in [4.69, 9.17) is 22.1 Å². The highest BCUT2D eigenvalue weighted by atomic mass is 35.5. The predicted octanol–water partition coefficient (Wildman–Crippen LogP) is 2.37. The summed E-state index contributed by atoms with van der Waals surface area (Å²) in [4.78, 5) is 16.8. The van der Waals surface area contributed by atoms with Crippen LogP contribution >= 0.6 is 11.6 Å². The number of aromatic nitrogens is 2. The zero-order chi connectivity index (χ0) is 15.0. The molecule has 2 N–H and O–H groups in total. The zero-order valence-electron chi connectivity index (χ0n) is 11.7. The maximum atomic E-state index is 12.7. The number of halogens is 1. The predicted molar refractivity (Wildman–Crippen MR) is 80.1 cm³/mol. The number of anilines is 1. The maximum Gasteiger partial charge on any atom is 0.337 e.